The smallest absolute Gasteiger partial charge is 0.252 e. The molecule has 0 bridgehead atoms. The van der Waals surface area contributed by atoms with E-state index in [-0.39, 0.29) is 12.5 Å². The molecule has 1 unspecified atom stereocenters. The molecule has 0 aliphatic heterocycles. The zero-order valence-electron chi connectivity index (χ0n) is 12.8. The third-order valence-corrected chi connectivity index (χ3v) is 5.91. The van der Waals surface area contributed by atoms with Gasteiger partial charge in [0.2, 0.25) is 0 Å². The van der Waals surface area contributed by atoms with Crippen LogP contribution in [0.5, 0.6) is 0 Å². The van der Waals surface area contributed by atoms with Crippen molar-refractivity contribution in [1.82, 2.24) is 5.32 Å². The monoisotopic (exact) mass is 423 g/mol. The van der Waals surface area contributed by atoms with Crippen molar-refractivity contribution in [2.45, 2.75) is 12.5 Å². The predicted octanol–water partition coefficient (Wildman–Crippen LogP) is 4.95. The summed E-state index contributed by atoms with van der Waals surface area (Å²) in [6.07, 6.45) is 0. The molecule has 1 atom stereocenters. The number of thiophene rings is 1. The summed E-state index contributed by atoms with van der Waals surface area (Å²) >= 11 is 10.9. The summed E-state index contributed by atoms with van der Waals surface area (Å²) in [6.45, 7) is 1.79. The number of carbonyl (C=O) groups excluding carboxylic acids is 1. The van der Waals surface area contributed by atoms with Crippen molar-refractivity contribution in [1.29, 1.82) is 0 Å². The molecule has 0 aliphatic carbocycles. The summed E-state index contributed by atoms with van der Waals surface area (Å²) < 4.78 is 1.88. The number of carbonyl (C=O) groups is 1. The van der Waals surface area contributed by atoms with Gasteiger partial charge in [-0.25, -0.2) is 0 Å². The number of halogens is 2. The van der Waals surface area contributed by atoms with Crippen LogP contribution in [-0.4, -0.2) is 17.6 Å². The summed E-state index contributed by atoms with van der Waals surface area (Å²) in [5.41, 5.74) is -0.782. The Bertz CT molecular complexity index is 874. The molecule has 1 aromatic heterocycles. The van der Waals surface area contributed by atoms with Crippen LogP contribution >= 0.6 is 38.9 Å². The van der Waals surface area contributed by atoms with Crippen molar-refractivity contribution in [2.75, 3.05) is 6.54 Å². The first-order chi connectivity index (χ1) is 11.4. The lowest BCUT2D eigenvalue weighted by atomic mass is 10.0. The molecule has 3 rings (SSSR count). The van der Waals surface area contributed by atoms with Gasteiger partial charge in [-0.2, -0.15) is 0 Å². The van der Waals surface area contributed by atoms with Gasteiger partial charge >= 0.3 is 0 Å². The first kappa shape index (κ1) is 17.4. The van der Waals surface area contributed by atoms with Crippen molar-refractivity contribution in [2.24, 2.45) is 0 Å². The molecule has 1 heterocycles. The molecule has 0 radical (unpaired) electrons. The molecule has 2 N–H and O–H groups in total. The molecule has 3 aromatic rings. The second-order valence-electron chi connectivity index (χ2n) is 5.73. The number of aliphatic hydroxyl groups is 1. The molecular weight excluding hydrogens is 410 g/mol. The van der Waals surface area contributed by atoms with Gasteiger partial charge in [0.15, 0.2) is 0 Å². The fourth-order valence-corrected chi connectivity index (χ4v) is 4.02. The third kappa shape index (κ3) is 3.64. The zero-order chi connectivity index (χ0) is 17.3. The highest BCUT2D eigenvalue weighted by molar-refractivity contribution is 9.10. The summed E-state index contributed by atoms with van der Waals surface area (Å²) in [7, 11) is 0. The van der Waals surface area contributed by atoms with Gasteiger partial charge in [0.1, 0.15) is 5.60 Å². The maximum Gasteiger partial charge on any atom is 0.252 e. The van der Waals surface area contributed by atoms with Crippen LogP contribution < -0.4 is 5.32 Å². The number of fused-ring (bicyclic) bond motifs is 1. The van der Waals surface area contributed by atoms with Gasteiger partial charge < -0.3 is 10.4 Å². The number of hydrogen-bond donors (Lipinski definition) is 2. The van der Waals surface area contributed by atoms with E-state index < -0.39 is 5.60 Å². The van der Waals surface area contributed by atoms with E-state index in [1.807, 2.05) is 30.3 Å². The minimum atomic E-state index is -1.15. The number of rotatable bonds is 4. The first-order valence-corrected chi connectivity index (χ1v) is 9.30. The van der Waals surface area contributed by atoms with Crippen LogP contribution in [-0.2, 0) is 5.60 Å². The first-order valence-electron chi connectivity index (χ1n) is 7.31. The average molecular weight is 425 g/mol. The van der Waals surface area contributed by atoms with E-state index in [1.165, 1.54) is 11.3 Å². The average Bonchev–Trinajstić information content (AvgIpc) is 3.00. The number of nitrogens with one attached hydrogen (secondary N) is 1. The predicted molar refractivity (Wildman–Crippen MR) is 103 cm³/mol. The Morgan fingerprint density at radius 3 is 2.79 bits per heavy atom. The van der Waals surface area contributed by atoms with Crippen LogP contribution in [0, 0.1) is 0 Å². The zero-order valence-corrected chi connectivity index (χ0v) is 16.0. The van der Waals surface area contributed by atoms with E-state index in [0.717, 1.165) is 19.4 Å². The molecule has 0 saturated carbocycles. The second-order valence-corrected chi connectivity index (χ2v) is 8.14. The summed E-state index contributed by atoms with van der Waals surface area (Å²) in [6, 6.07) is 15.0. The summed E-state index contributed by atoms with van der Waals surface area (Å²) in [4.78, 5) is 13.2. The van der Waals surface area contributed by atoms with Crippen molar-refractivity contribution < 1.29 is 9.90 Å². The lowest BCUT2D eigenvalue weighted by molar-refractivity contribution is 0.0557. The third-order valence-electron chi connectivity index (χ3n) is 3.72. The van der Waals surface area contributed by atoms with Gasteiger partial charge in [0.05, 0.1) is 17.1 Å². The van der Waals surface area contributed by atoms with Gasteiger partial charge in [-0.3, -0.25) is 4.79 Å². The van der Waals surface area contributed by atoms with Crippen LogP contribution in [0.1, 0.15) is 22.2 Å². The lowest BCUT2D eigenvalue weighted by Crippen LogP contribution is -2.38. The van der Waals surface area contributed by atoms with Gasteiger partial charge in [-0.1, -0.05) is 45.7 Å². The minimum absolute atomic E-state index is 0.0987. The van der Waals surface area contributed by atoms with Crippen molar-refractivity contribution in [3.8, 4) is 0 Å². The Balaban J connectivity index is 1.77. The number of hydrogen-bond acceptors (Lipinski definition) is 3. The van der Waals surface area contributed by atoms with Gasteiger partial charge in [-0.05, 0) is 42.6 Å². The standard InChI is InChI=1S/C18H15BrClNO2S/c1-18(23,16-8-11-4-2-3-5-15(11)24-16)10-21-17(22)13-9-12(19)6-7-14(13)20/h2-9,23H,10H2,1H3,(H,21,22). The minimum Gasteiger partial charge on any atom is -0.383 e. The van der Waals surface area contributed by atoms with Gasteiger partial charge in [-0.15, -0.1) is 11.3 Å². The van der Waals surface area contributed by atoms with Crippen LogP contribution in [0.4, 0.5) is 0 Å². The Morgan fingerprint density at radius 1 is 1.29 bits per heavy atom. The fraction of sp³-hybridized carbons (Fsp3) is 0.167. The van der Waals surface area contributed by atoms with Gasteiger partial charge in [0, 0.05) is 14.0 Å². The molecule has 124 valence electrons. The topological polar surface area (TPSA) is 49.3 Å². The van der Waals surface area contributed by atoms with E-state index in [2.05, 4.69) is 21.2 Å². The Labute approximate surface area is 157 Å². The molecular formula is C18H15BrClNO2S. The van der Waals surface area contributed by atoms with Gasteiger partial charge in [0.25, 0.3) is 5.91 Å². The molecule has 2 aromatic carbocycles. The largest absolute Gasteiger partial charge is 0.383 e. The molecule has 3 nitrogen and oxygen atoms in total. The SMILES string of the molecule is CC(O)(CNC(=O)c1cc(Br)ccc1Cl)c1cc2ccccc2s1. The van der Waals surface area contributed by atoms with Crippen LogP contribution in [0.3, 0.4) is 0 Å². The van der Waals surface area contributed by atoms with E-state index in [0.29, 0.717) is 10.6 Å². The van der Waals surface area contributed by atoms with Crippen LogP contribution in [0.25, 0.3) is 10.1 Å². The number of amides is 1. The molecule has 1 amide bonds. The second kappa shape index (κ2) is 6.84. The Hall–Kier alpha value is -1.40. The maximum atomic E-state index is 12.3. The normalized spacial score (nSPS) is 13.7. The quantitative estimate of drug-likeness (QED) is 0.622. The van der Waals surface area contributed by atoms with E-state index in [9.17, 15) is 9.90 Å². The highest BCUT2D eigenvalue weighted by Crippen LogP contribution is 2.33. The van der Waals surface area contributed by atoms with Crippen molar-refractivity contribution in [3.05, 3.63) is 68.5 Å². The van der Waals surface area contributed by atoms with E-state index in [1.54, 1.807) is 25.1 Å². The lowest BCUT2D eigenvalue weighted by Gasteiger charge is -2.22. The summed E-state index contributed by atoms with van der Waals surface area (Å²) in [5.74, 6) is -0.317. The molecule has 6 heteroatoms. The fourth-order valence-electron chi connectivity index (χ4n) is 2.35. The van der Waals surface area contributed by atoms with Crippen molar-refractivity contribution >= 4 is 54.9 Å². The number of benzene rings is 2. The highest BCUT2D eigenvalue weighted by Gasteiger charge is 2.26. The molecule has 0 spiro atoms. The summed E-state index contributed by atoms with van der Waals surface area (Å²) in [5, 5.41) is 15.0. The Kier molecular flexibility index (Phi) is 4.97. The molecule has 24 heavy (non-hydrogen) atoms. The molecule has 0 fully saturated rings. The van der Waals surface area contributed by atoms with E-state index >= 15 is 0 Å². The van der Waals surface area contributed by atoms with Crippen LogP contribution in [0.2, 0.25) is 5.02 Å². The molecule has 0 aliphatic rings. The van der Waals surface area contributed by atoms with Crippen LogP contribution in [0.15, 0.2) is 53.0 Å². The molecule has 0 saturated heterocycles. The maximum absolute atomic E-state index is 12.3. The highest BCUT2D eigenvalue weighted by atomic mass is 79.9. The van der Waals surface area contributed by atoms with Crippen molar-refractivity contribution in [3.63, 3.8) is 0 Å². The van der Waals surface area contributed by atoms with E-state index in [4.69, 9.17) is 11.6 Å². The Morgan fingerprint density at radius 2 is 2.04 bits per heavy atom.